The van der Waals surface area contributed by atoms with Gasteiger partial charge in [-0.25, -0.2) is 4.98 Å². The summed E-state index contributed by atoms with van der Waals surface area (Å²) in [6.07, 6.45) is -1.87. The maximum atomic E-state index is 13.7. The summed E-state index contributed by atoms with van der Waals surface area (Å²) in [7, 11) is 1.35. The number of alkyl halides is 3. The summed E-state index contributed by atoms with van der Waals surface area (Å²) in [5.41, 5.74) is -1.90. The van der Waals surface area contributed by atoms with Crippen molar-refractivity contribution in [2.24, 2.45) is 0 Å². The van der Waals surface area contributed by atoms with Crippen LogP contribution in [0.2, 0.25) is 0 Å². The van der Waals surface area contributed by atoms with Crippen LogP contribution in [0.15, 0.2) is 41.5 Å². The van der Waals surface area contributed by atoms with Gasteiger partial charge in [0.15, 0.2) is 12.0 Å². The summed E-state index contributed by atoms with van der Waals surface area (Å²) in [6.45, 7) is 0.442. The van der Waals surface area contributed by atoms with Crippen molar-refractivity contribution < 1.29 is 32.1 Å². The third kappa shape index (κ3) is 6.22. The van der Waals surface area contributed by atoms with Gasteiger partial charge in [0.05, 0.1) is 37.8 Å². The molecule has 194 valence electrons. The van der Waals surface area contributed by atoms with Crippen LogP contribution >= 0.6 is 0 Å². The number of hydrogen-bond donors (Lipinski definition) is 0. The molecule has 0 saturated carbocycles. The Labute approximate surface area is 209 Å². The van der Waals surface area contributed by atoms with Crippen LogP contribution in [0.5, 0.6) is 17.4 Å². The van der Waals surface area contributed by atoms with E-state index in [0.29, 0.717) is 17.9 Å². The second kappa shape index (κ2) is 11.4. The molecule has 4 rings (SSSR count). The first kappa shape index (κ1) is 26.1. The van der Waals surface area contributed by atoms with Crippen LogP contribution in [0.4, 0.5) is 13.2 Å². The minimum absolute atomic E-state index is 0.0444. The Morgan fingerprint density at radius 2 is 2.05 bits per heavy atom. The number of nitriles is 1. The molecular weight excluding hydrogens is 495 g/mol. The van der Waals surface area contributed by atoms with E-state index in [2.05, 4.69) is 15.2 Å². The molecule has 0 aliphatic carbocycles. The Morgan fingerprint density at radius 1 is 1.24 bits per heavy atom. The predicted octanol–water partition coefficient (Wildman–Crippen LogP) is 3.82. The van der Waals surface area contributed by atoms with Crippen molar-refractivity contribution in [3.63, 3.8) is 0 Å². The van der Waals surface area contributed by atoms with Gasteiger partial charge >= 0.3 is 6.18 Å². The lowest BCUT2D eigenvalue weighted by Crippen LogP contribution is -2.27. The SMILES string of the molecule is COc1nnc(COC2CCCCO2)cc1Cn1cnc(C(F)(F)F)c(Oc2ccccc2C#N)c1=O. The van der Waals surface area contributed by atoms with Gasteiger partial charge in [0.1, 0.15) is 11.8 Å². The van der Waals surface area contributed by atoms with Crippen molar-refractivity contribution in [3.8, 4) is 23.4 Å². The van der Waals surface area contributed by atoms with Crippen LogP contribution < -0.4 is 15.0 Å². The molecule has 1 atom stereocenters. The lowest BCUT2D eigenvalue weighted by atomic mass is 10.2. The number of para-hydroxylation sites is 1. The summed E-state index contributed by atoms with van der Waals surface area (Å²) in [6, 6.07) is 9.01. The molecule has 1 aliphatic rings. The zero-order valence-electron chi connectivity index (χ0n) is 19.7. The second-order valence-electron chi connectivity index (χ2n) is 8.04. The van der Waals surface area contributed by atoms with E-state index in [-0.39, 0.29) is 36.6 Å². The summed E-state index contributed by atoms with van der Waals surface area (Å²) in [5, 5.41) is 17.3. The van der Waals surface area contributed by atoms with Gasteiger partial charge < -0.3 is 18.9 Å². The van der Waals surface area contributed by atoms with Crippen molar-refractivity contribution >= 4 is 0 Å². The molecule has 1 aliphatic heterocycles. The molecule has 0 amide bonds. The first-order chi connectivity index (χ1) is 17.8. The van der Waals surface area contributed by atoms with Gasteiger partial charge in [-0.15, -0.1) is 10.2 Å². The number of benzene rings is 1. The second-order valence-corrected chi connectivity index (χ2v) is 8.04. The average molecular weight is 517 g/mol. The van der Waals surface area contributed by atoms with Crippen molar-refractivity contribution in [2.75, 3.05) is 13.7 Å². The number of aromatic nitrogens is 4. The van der Waals surface area contributed by atoms with Crippen LogP contribution in [-0.2, 0) is 28.8 Å². The molecule has 2 aromatic heterocycles. The highest BCUT2D eigenvalue weighted by molar-refractivity contribution is 5.45. The monoisotopic (exact) mass is 517 g/mol. The molecule has 3 heterocycles. The summed E-state index contributed by atoms with van der Waals surface area (Å²) >= 11 is 0. The number of rotatable bonds is 8. The van der Waals surface area contributed by atoms with Crippen molar-refractivity contribution in [1.82, 2.24) is 19.7 Å². The van der Waals surface area contributed by atoms with E-state index in [0.717, 1.165) is 30.2 Å². The van der Waals surface area contributed by atoms with Gasteiger partial charge in [0.25, 0.3) is 5.56 Å². The average Bonchev–Trinajstić information content (AvgIpc) is 2.90. The van der Waals surface area contributed by atoms with Crippen LogP contribution in [0, 0.1) is 11.3 Å². The van der Waals surface area contributed by atoms with Crippen molar-refractivity contribution in [3.05, 3.63) is 69.5 Å². The molecule has 0 radical (unpaired) electrons. The molecule has 0 spiro atoms. The van der Waals surface area contributed by atoms with E-state index in [4.69, 9.17) is 18.9 Å². The third-order valence-electron chi connectivity index (χ3n) is 5.46. The van der Waals surface area contributed by atoms with Crippen LogP contribution in [-0.4, -0.2) is 39.8 Å². The largest absolute Gasteiger partial charge is 0.480 e. The van der Waals surface area contributed by atoms with Crippen LogP contribution in [0.1, 0.15) is 41.8 Å². The number of nitrogens with zero attached hydrogens (tertiary/aromatic N) is 5. The molecule has 1 aromatic carbocycles. The van der Waals surface area contributed by atoms with Gasteiger partial charge in [-0.05, 0) is 37.5 Å². The third-order valence-corrected chi connectivity index (χ3v) is 5.46. The zero-order chi connectivity index (χ0) is 26.4. The molecule has 1 saturated heterocycles. The van der Waals surface area contributed by atoms with E-state index in [1.54, 1.807) is 6.07 Å². The van der Waals surface area contributed by atoms with Gasteiger partial charge in [-0.2, -0.15) is 18.4 Å². The minimum Gasteiger partial charge on any atom is -0.480 e. The fourth-order valence-electron chi connectivity index (χ4n) is 3.66. The molecule has 3 aromatic rings. The fourth-order valence-corrected chi connectivity index (χ4v) is 3.66. The Hall–Kier alpha value is -4.02. The fraction of sp³-hybridized carbons (Fsp3) is 0.375. The molecule has 0 N–H and O–H groups in total. The molecule has 0 bridgehead atoms. The normalized spacial score (nSPS) is 15.7. The molecule has 1 fully saturated rings. The van der Waals surface area contributed by atoms with Gasteiger partial charge in [-0.1, -0.05) is 12.1 Å². The van der Waals surface area contributed by atoms with Gasteiger partial charge in [0.2, 0.25) is 11.6 Å². The Balaban J connectivity index is 1.66. The Kier molecular flexibility index (Phi) is 8.00. The highest BCUT2D eigenvalue weighted by Crippen LogP contribution is 2.35. The molecule has 1 unspecified atom stereocenters. The molecular formula is C24H22F3N5O5. The number of hydrogen-bond acceptors (Lipinski definition) is 9. The van der Waals surface area contributed by atoms with Crippen molar-refractivity contribution in [2.45, 2.75) is 44.9 Å². The van der Waals surface area contributed by atoms with E-state index >= 15 is 0 Å². The topological polar surface area (TPSA) is 121 Å². The first-order valence-corrected chi connectivity index (χ1v) is 11.3. The first-order valence-electron chi connectivity index (χ1n) is 11.3. The predicted molar refractivity (Wildman–Crippen MR) is 121 cm³/mol. The minimum atomic E-state index is -4.98. The quantitative estimate of drug-likeness (QED) is 0.439. The van der Waals surface area contributed by atoms with E-state index < -0.39 is 23.2 Å². The Bertz CT molecular complexity index is 1350. The number of ether oxygens (including phenoxy) is 4. The van der Waals surface area contributed by atoms with E-state index in [1.807, 2.05) is 6.07 Å². The smallest absolute Gasteiger partial charge is 0.437 e. The number of halogens is 3. The zero-order valence-corrected chi connectivity index (χ0v) is 19.7. The van der Waals surface area contributed by atoms with Crippen molar-refractivity contribution in [1.29, 1.82) is 5.26 Å². The van der Waals surface area contributed by atoms with Gasteiger partial charge in [0, 0.05) is 12.2 Å². The highest BCUT2D eigenvalue weighted by atomic mass is 19.4. The maximum absolute atomic E-state index is 13.7. The van der Waals surface area contributed by atoms with E-state index in [1.165, 1.54) is 31.4 Å². The maximum Gasteiger partial charge on any atom is 0.437 e. The highest BCUT2D eigenvalue weighted by Gasteiger charge is 2.39. The molecule has 13 heteroatoms. The lowest BCUT2D eigenvalue weighted by molar-refractivity contribution is -0.169. The van der Waals surface area contributed by atoms with Gasteiger partial charge in [-0.3, -0.25) is 9.36 Å². The molecule has 10 nitrogen and oxygen atoms in total. The van der Waals surface area contributed by atoms with Crippen LogP contribution in [0.25, 0.3) is 0 Å². The summed E-state index contributed by atoms with van der Waals surface area (Å²) in [4.78, 5) is 16.6. The standard InChI is InChI=1S/C24H22F3N5O5/c1-34-22-16(10-17(30-31-22)13-36-19-8-4-5-9-35-19)12-32-14-29-21(24(25,26)27)20(23(32)33)37-18-7-3-2-6-15(18)11-28/h2-3,6-7,10,14,19H,4-5,8-9,12-13H2,1H3. The van der Waals surface area contributed by atoms with E-state index in [9.17, 15) is 23.2 Å². The Morgan fingerprint density at radius 3 is 2.76 bits per heavy atom. The van der Waals surface area contributed by atoms with Crippen LogP contribution in [0.3, 0.4) is 0 Å². The number of methoxy groups -OCH3 is 1. The summed E-state index contributed by atoms with van der Waals surface area (Å²) in [5.74, 6) is -1.20. The lowest BCUT2D eigenvalue weighted by Gasteiger charge is -2.22. The summed E-state index contributed by atoms with van der Waals surface area (Å²) < 4.78 is 63.7. The molecule has 37 heavy (non-hydrogen) atoms.